The van der Waals surface area contributed by atoms with Gasteiger partial charge in [-0.3, -0.25) is 0 Å². The first-order valence-corrected chi connectivity index (χ1v) is 5.30. The van der Waals surface area contributed by atoms with E-state index in [1.165, 1.54) is 0 Å². The first kappa shape index (κ1) is 14.0. The molecule has 0 saturated carbocycles. The Labute approximate surface area is 90.2 Å². The van der Waals surface area contributed by atoms with Crippen molar-refractivity contribution in [2.75, 3.05) is 13.2 Å². The molecule has 1 fully saturated rings. The summed E-state index contributed by atoms with van der Waals surface area (Å²) in [4.78, 5) is 0. The maximum absolute atomic E-state index is 5.62. The quantitative estimate of drug-likeness (QED) is 0.575. The molecule has 0 bridgehead atoms. The lowest BCUT2D eigenvalue weighted by atomic mass is 9.66. The van der Waals surface area contributed by atoms with E-state index in [1.54, 1.807) is 0 Å². The molecule has 1 aliphatic rings. The normalized spacial score (nSPS) is 28.7. The van der Waals surface area contributed by atoms with Gasteiger partial charge in [-0.05, 0) is 22.7 Å². The van der Waals surface area contributed by atoms with Crippen LogP contribution in [0.5, 0.6) is 0 Å². The summed E-state index contributed by atoms with van der Waals surface area (Å²) in [7, 11) is 0. The molecule has 0 N–H and O–H groups in total. The monoisotopic (exact) mass is 200 g/mol. The lowest BCUT2D eigenvalue weighted by Gasteiger charge is -2.37. The van der Waals surface area contributed by atoms with Crippen LogP contribution in [0.15, 0.2) is 0 Å². The molecule has 1 heteroatoms. The van der Waals surface area contributed by atoms with Crippen LogP contribution in [0.4, 0.5) is 0 Å². The van der Waals surface area contributed by atoms with E-state index >= 15 is 0 Å². The van der Waals surface area contributed by atoms with Gasteiger partial charge < -0.3 is 4.74 Å². The van der Waals surface area contributed by atoms with Crippen LogP contribution in [-0.4, -0.2) is 13.2 Å². The Morgan fingerprint density at radius 2 is 1.07 bits per heavy atom. The summed E-state index contributed by atoms with van der Waals surface area (Å²) in [5.74, 6) is 1.43. The van der Waals surface area contributed by atoms with Crippen molar-refractivity contribution in [3.63, 3.8) is 0 Å². The van der Waals surface area contributed by atoms with E-state index in [0.29, 0.717) is 22.7 Å². The van der Waals surface area contributed by atoms with Gasteiger partial charge in [0.2, 0.25) is 0 Å². The third kappa shape index (κ3) is 2.98. The second-order valence-corrected chi connectivity index (χ2v) is 6.48. The predicted molar refractivity (Wildman–Crippen MR) is 63.4 cm³/mol. The second kappa shape index (κ2) is 4.22. The Morgan fingerprint density at radius 3 is 1.29 bits per heavy atom. The lowest BCUT2D eigenvalue weighted by molar-refractivity contribution is 0.115. The van der Waals surface area contributed by atoms with Crippen molar-refractivity contribution in [3.8, 4) is 0 Å². The molecule has 0 aliphatic carbocycles. The lowest BCUT2D eigenvalue weighted by Crippen LogP contribution is -2.34. The van der Waals surface area contributed by atoms with E-state index in [0.717, 1.165) is 13.2 Å². The van der Waals surface area contributed by atoms with Gasteiger partial charge in [0, 0.05) is 0 Å². The van der Waals surface area contributed by atoms with Gasteiger partial charge in [0.15, 0.2) is 0 Å². The maximum Gasteiger partial charge on any atom is 0.0503 e. The van der Waals surface area contributed by atoms with Gasteiger partial charge in [-0.2, -0.15) is 0 Å². The van der Waals surface area contributed by atoms with Gasteiger partial charge in [0.05, 0.1) is 13.2 Å². The van der Waals surface area contributed by atoms with Crippen molar-refractivity contribution in [2.24, 2.45) is 22.7 Å². The molecule has 0 aromatic heterocycles. The fraction of sp³-hybridized carbons (Fsp3) is 1.00. The number of ether oxygens (including phenoxy) is 1. The molecule has 1 aliphatic heterocycles. The van der Waals surface area contributed by atoms with Gasteiger partial charge in [0.25, 0.3) is 0 Å². The van der Waals surface area contributed by atoms with E-state index in [4.69, 9.17) is 4.74 Å². The molecule has 1 nitrogen and oxygen atoms in total. The molecule has 0 radical (unpaired) electrons. The van der Waals surface area contributed by atoms with Crippen LogP contribution in [0.2, 0.25) is 0 Å². The van der Waals surface area contributed by atoms with Gasteiger partial charge in [-0.15, -0.1) is 0 Å². The van der Waals surface area contributed by atoms with Gasteiger partial charge in [0.1, 0.15) is 0 Å². The molecule has 0 amide bonds. The molecule has 86 valence electrons. The molecule has 1 rings (SSSR count). The molecule has 0 aromatic carbocycles. The van der Waals surface area contributed by atoms with Crippen LogP contribution in [0.3, 0.4) is 0 Å². The SMILES string of the molecule is C.CC(C)(C)C1COCC1C(C)(C)C. The topological polar surface area (TPSA) is 9.23 Å². The van der Waals surface area contributed by atoms with E-state index in [9.17, 15) is 0 Å². The summed E-state index contributed by atoms with van der Waals surface area (Å²) in [5, 5.41) is 0. The van der Waals surface area contributed by atoms with Crippen molar-refractivity contribution < 1.29 is 4.74 Å². The summed E-state index contributed by atoms with van der Waals surface area (Å²) in [6.07, 6.45) is 0. The largest absolute Gasteiger partial charge is 0.381 e. The Balaban J connectivity index is 0.00000169. The van der Waals surface area contributed by atoms with Crippen LogP contribution < -0.4 is 0 Å². The second-order valence-electron chi connectivity index (χ2n) is 6.48. The van der Waals surface area contributed by atoms with Crippen LogP contribution in [0.1, 0.15) is 49.0 Å². The zero-order chi connectivity index (χ0) is 10.3. The average molecular weight is 200 g/mol. The molecular weight excluding hydrogens is 172 g/mol. The van der Waals surface area contributed by atoms with Crippen LogP contribution in [-0.2, 0) is 4.74 Å². The fourth-order valence-corrected chi connectivity index (χ4v) is 2.26. The Bertz CT molecular complexity index is 151. The third-order valence-electron chi connectivity index (χ3n) is 3.31. The molecule has 2 unspecified atom stereocenters. The first-order valence-electron chi connectivity index (χ1n) is 5.30. The Morgan fingerprint density at radius 1 is 0.786 bits per heavy atom. The molecule has 0 aromatic rings. The molecule has 1 heterocycles. The first-order chi connectivity index (χ1) is 5.73. The van der Waals surface area contributed by atoms with Crippen LogP contribution >= 0.6 is 0 Å². The number of hydrogen-bond acceptors (Lipinski definition) is 1. The van der Waals surface area contributed by atoms with Gasteiger partial charge in [-0.1, -0.05) is 49.0 Å². The smallest absolute Gasteiger partial charge is 0.0503 e. The highest BCUT2D eigenvalue weighted by molar-refractivity contribution is 4.90. The molecular formula is C13H28O. The predicted octanol–water partition coefficient (Wildman–Crippen LogP) is 3.98. The zero-order valence-corrected chi connectivity index (χ0v) is 9.98. The van der Waals surface area contributed by atoms with E-state index in [1.807, 2.05) is 0 Å². The minimum Gasteiger partial charge on any atom is -0.381 e. The van der Waals surface area contributed by atoms with E-state index in [-0.39, 0.29) is 7.43 Å². The van der Waals surface area contributed by atoms with E-state index in [2.05, 4.69) is 41.5 Å². The molecule has 0 spiro atoms. The van der Waals surface area contributed by atoms with Crippen molar-refractivity contribution in [1.82, 2.24) is 0 Å². The number of rotatable bonds is 0. The van der Waals surface area contributed by atoms with Gasteiger partial charge >= 0.3 is 0 Å². The van der Waals surface area contributed by atoms with E-state index < -0.39 is 0 Å². The minimum atomic E-state index is 0. The molecule has 1 saturated heterocycles. The molecule has 14 heavy (non-hydrogen) atoms. The Kier molecular flexibility index (Phi) is 4.21. The van der Waals surface area contributed by atoms with Crippen molar-refractivity contribution >= 4 is 0 Å². The third-order valence-corrected chi connectivity index (χ3v) is 3.31. The fourth-order valence-electron chi connectivity index (χ4n) is 2.26. The molecule has 2 atom stereocenters. The summed E-state index contributed by atoms with van der Waals surface area (Å²) in [6.45, 7) is 15.8. The summed E-state index contributed by atoms with van der Waals surface area (Å²) >= 11 is 0. The highest BCUT2D eigenvalue weighted by Crippen LogP contribution is 2.44. The number of hydrogen-bond donors (Lipinski definition) is 0. The highest BCUT2D eigenvalue weighted by atomic mass is 16.5. The minimum absolute atomic E-state index is 0. The highest BCUT2D eigenvalue weighted by Gasteiger charge is 2.42. The zero-order valence-electron chi connectivity index (χ0n) is 9.98. The summed E-state index contributed by atoms with van der Waals surface area (Å²) < 4.78 is 5.62. The van der Waals surface area contributed by atoms with Crippen LogP contribution in [0.25, 0.3) is 0 Å². The van der Waals surface area contributed by atoms with Crippen molar-refractivity contribution in [2.45, 2.75) is 49.0 Å². The van der Waals surface area contributed by atoms with Gasteiger partial charge in [-0.25, -0.2) is 0 Å². The average Bonchev–Trinajstić information content (AvgIpc) is 2.27. The van der Waals surface area contributed by atoms with Crippen molar-refractivity contribution in [3.05, 3.63) is 0 Å². The van der Waals surface area contributed by atoms with Crippen molar-refractivity contribution in [1.29, 1.82) is 0 Å². The van der Waals surface area contributed by atoms with Crippen LogP contribution in [0, 0.1) is 22.7 Å². The maximum atomic E-state index is 5.62. The standard InChI is InChI=1S/C12H24O.CH4/c1-11(2,3)9-7-13-8-10(9)12(4,5)6;/h9-10H,7-8H2,1-6H3;1H4. The summed E-state index contributed by atoms with van der Waals surface area (Å²) in [5.41, 5.74) is 0.767. The Hall–Kier alpha value is -0.0400. The summed E-state index contributed by atoms with van der Waals surface area (Å²) in [6, 6.07) is 0.